The SMILES string of the molecule is CC1(C)CCC(C)(C)c2cc(N(c3ccccc3)c3cccc4c3Oc3ccccc3C43C4CC5CC(C4)CC3C5)ccc21. The fourth-order valence-electron chi connectivity index (χ4n) is 10.8. The topological polar surface area (TPSA) is 12.5 Å². The molecule has 4 aromatic carbocycles. The Morgan fingerprint density at radius 3 is 1.93 bits per heavy atom. The summed E-state index contributed by atoms with van der Waals surface area (Å²) in [6, 6.07) is 34.3. The molecular weight excluding hydrogens is 534 g/mol. The highest BCUT2D eigenvalue weighted by atomic mass is 16.5. The first kappa shape index (κ1) is 26.8. The lowest BCUT2D eigenvalue weighted by Crippen LogP contribution is -2.57. The summed E-state index contributed by atoms with van der Waals surface area (Å²) in [5.41, 5.74) is 9.78. The molecule has 44 heavy (non-hydrogen) atoms. The Hall–Kier alpha value is -3.52. The molecule has 0 atom stereocenters. The van der Waals surface area contributed by atoms with Gasteiger partial charge < -0.3 is 9.64 Å². The summed E-state index contributed by atoms with van der Waals surface area (Å²) in [4.78, 5) is 2.48. The molecule has 4 fully saturated rings. The van der Waals surface area contributed by atoms with Gasteiger partial charge in [-0.2, -0.15) is 0 Å². The highest BCUT2D eigenvalue weighted by Gasteiger charge is 2.61. The van der Waals surface area contributed by atoms with E-state index in [1.165, 1.54) is 78.6 Å². The van der Waals surface area contributed by atoms with E-state index in [1.54, 1.807) is 0 Å². The first-order chi connectivity index (χ1) is 21.3. The van der Waals surface area contributed by atoms with E-state index < -0.39 is 0 Å². The Bertz CT molecular complexity index is 1740. The molecular formula is C42H45NO. The van der Waals surface area contributed by atoms with E-state index in [0.29, 0.717) is 11.8 Å². The second-order valence-electron chi connectivity index (χ2n) is 16.1. The van der Waals surface area contributed by atoms with Crippen LogP contribution in [0.2, 0.25) is 0 Å². The first-order valence-corrected chi connectivity index (χ1v) is 17.2. The van der Waals surface area contributed by atoms with Crippen LogP contribution in [0.1, 0.15) is 94.9 Å². The van der Waals surface area contributed by atoms with E-state index >= 15 is 0 Å². The van der Waals surface area contributed by atoms with Crippen LogP contribution in [0.4, 0.5) is 17.1 Å². The third-order valence-electron chi connectivity index (χ3n) is 12.8. The van der Waals surface area contributed by atoms with Crippen molar-refractivity contribution in [2.24, 2.45) is 23.7 Å². The normalized spacial score (nSPS) is 29.8. The lowest BCUT2D eigenvalue weighted by atomic mass is 9.42. The molecule has 4 bridgehead atoms. The number of nitrogens with zero attached hydrogens (tertiary/aromatic N) is 1. The second kappa shape index (κ2) is 9.25. The number of para-hydroxylation sites is 3. The number of rotatable bonds is 3. The van der Waals surface area contributed by atoms with Crippen molar-refractivity contribution >= 4 is 17.1 Å². The molecule has 4 aromatic rings. The van der Waals surface area contributed by atoms with Gasteiger partial charge in [-0.25, -0.2) is 0 Å². The van der Waals surface area contributed by atoms with Crippen LogP contribution in [0.15, 0.2) is 91.0 Å². The maximum absolute atomic E-state index is 7.11. The minimum absolute atomic E-state index is 0.0395. The molecule has 2 heteroatoms. The Labute approximate surface area is 263 Å². The molecule has 1 heterocycles. The Balaban J connectivity index is 1.28. The molecule has 4 saturated carbocycles. The highest BCUT2D eigenvalue weighted by Crippen LogP contribution is 2.69. The first-order valence-electron chi connectivity index (χ1n) is 17.2. The Kier molecular flexibility index (Phi) is 5.65. The van der Waals surface area contributed by atoms with Crippen molar-refractivity contribution in [3.05, 3.63) is 113 Å². The number of hydrogen-bond acceptors (Lipinski definition) is 2. The average molecular weight is 580 g/mol. The van der Waals surface area contributed by atoms with E-state index in [4.69, 9.17) is 4.74 Å². The molecule has 6 aliphatic rings. The second-order valence-corrected chi connectivity index (χ2v) is 16.1. The van der Waals surface area contributed by atoms with Crippen LogP contribution in [-0.2, 0) is 16.2 Å². The molecule has 2 nitrogen and oxygen atoms in total. The molecule has 0 aromatic heterocycles. The molecule has 0 N–H and O–H groups in total. The molecule has 10 rings (SSSR count). The van der Waals surface area contributed by atoms with Gasteiger partial charge in [-0.05, 0) is 127 Å². The largest absolute Gasteiger partial charge is 0.455 e. The van der Waals surface area contributed by atoms with Gasteiger partial charge in [0.15, 0.2) is 5.75 Å². The number of ether oxygens (including phenoxy) is 1. The van der Waals surface area contributed by atoms with Gasteiger partial charge in [0.05, 0.1) is 5.69 Å². The molecule has 0 amide bonds. The van der Waals surface area contributed by atoms with Gasteiger partial charge in [-0.3, -0.25) is 0 Å². The quantitative estimate of drug-likeness (QED) is 0.239. The van der Waals surface area contributed by atoms with Crippen molar-refractivity contribution in [2.45, 2.75) is 88.9 Å². The summed E-state index contributed by atoms with van der Waals surface area (Å²) in [5, 5.41) is 0. The van der Waals surface area contributed by atoms with Gasteiger partial charge in [-0.15, -0.1) is 0 Å². The summed E-state index contributed by atoms with van der Waals surface area (Å²) < 4.78 is 7.11. The molecule has 5 aliphatic carbocycles. The number of anilines is 3. The van der Waals surface area contributed by atoms with Gasteiger partial charge in [0, 0.05) is 27.9 Å². The van der Waals surface area contributed by atoms with Gasteiger partial charge in [0.2, 0.25) is 0 Å². The van der Waals surface area contributed by atoms with Crippen molar-refractivity contribution in [1.82, 2.24) is 0 Å². The van der Waals surface area contributed by atoms with Crippen molar-refractivity contribution in [1.29, 1.82) is 0 Å². The summed E-state index contributed by atoms with van der Waals surface area (Å²) >= 11 is 0. The van der Waals surface area contributed by atoms with Gasteiger partial charge in [0.1, 0.15) is 5.75 Å². The summed E-state index contributed by atoms with van der Waals surface area (Å²) in [7, 11) is 0. The van der Waals surface area contributed by atoms with Crippen LogP contribution < -0.4 is 9.64 Å². The summed E-state index contributed by atoms with van der Waals surface area (Å²) in [6.45, 7) is 9.69. The van der Waals surface area contributed by atoms with Crippen LogP contribution in [0, 0.1) is 23.7 Å². The molecule has 1 spiro atoms. The number of hydrogen-bond donors (Lipinski definition) is 0. The monoisotopic (exact) mass is 579 g/mol. The van der Waals surface area contributed by atoms with E-state index in [-0.39, 0.29) is 16.2 Å². The highest BCUT2D eigenvalue weighted by molar-refractivity contribution is 5.83. The molecule has 0 unspecified atom stereocenters. The maximum Gasteiger partial charge on any atom is 0.155 e. The lowest BCUT2D eigenvalue weighted by molar-refractivity contribution is -0.0451. The zero-order valence-corrected chi connectivity index (χ0v) is 26.8. The minimum Gasteiger partial charge on any atom is -0.455 e. The predicted molar refractivity (Wildman–Crippen MR) is 181 cm³/mol. The van der Waals surface area contributed by atoms with Crippen LogP contribution >= 0.6 is 0 Å². The molecule has 0 saturated heterocycles. The van der Waals surface area contributed by atoms with Gasteiger partial charge in [0.25, 0.3) is 0 Å². The van der Waals surface area contributed by atoms with Crippen LogP contribution in [0.3, 0.4) is 0 Å². The zero-order chi connectivity index (χ0) is 29.8. The molecule has 224 valence electrons. The molecule has 1 aliphatic heterocycles. The summed E-state index contributed by atoms with van der Waals surface area (Å²) in [6.07, 6.45) is 9.34. The van der Waals surface area contributed by atoms with Crippen molar-refractivity contribution in [3.63, 3.8) is 0 Å². The van der Waals surface area contributed by atoms with Crippen LogP contribution in [0.5, 0.6) is 11.5 Å². The van der Waals surface area contributed by atoms with Crippen molar-refractivity contribution < 1.29 is 4.74 Å². The van der Waals surface area contributed by atoms with Gasteiger partial charge in [-0.1, -0.05) is 82.3 Å². The third kappa shape index (κ3) is 3.66. The Morgan fingerprint density at radius 1 is 0.568 bits per heavy atom. The number of fused-ring (bicyclic) bond motifs is 3. The van der Waals surface area contributed by atoms with Crippen LogP contribution in [0.25, 0.3) is 0 Å². The smallest absolute Gasteiger partial charge is 0.155 e. The zero-order valence-electron chi connectivity index (χ0n) is 26.8. The van der Waals surface area contributed by atoms with Gasteiger partial charge >= 0.3 is 0 Å². The maximum atomic E-state index is 7.11. The predicted octanol–water partition coefficient (Wildman–Crippen LogP) is 11.4. The fourth-order valence-corrected chi connectivity index (χ4v) is 10.8. The average Bonchev–Trinajstić information content (AvgIpc) is 3.02. The lowest BCUT2D eigenvalue weighted by Gasteiger charge is -2.63. The standard InChI is InChI=1S/C42H45NO/c1-40(2)19-20-41(3,4)36-26-32(17-18-33(36)40)43(31-11-6-5-7-12-31)37-15-10-14-35-39(37)44-38-16-9-8-13-34(38)42(35)29-22-27-21-28(24-29)25-30(42)23-27/h5-18,26-30H,19-25H2,1-4H3. The Morgan fingerprint density at radius 2 is 1.20 bits per heavy atom. The van der Waals surface area contributed by atoms with Crippen molar-refractivity contribution in [2.75, 3.05) is 4.90 Å². The number of benzene rings is 4. The molecule has 0 radical (unpaired) electrons. The van der Waals surface area contributed by atoms with Crippen LogP contribution in [-0.4, -0.2) is 0 Å². The third-order valence-corrected chi connectivity index (χ3v) is 12.8. The van der Waals surface area contributed by atoms with E-state index in [1.807, 2.05) is 0 Å². The van der Waals surface area contributed by atoms with E-state index in [0.717, 1.165) is 29.0 Å². The van der Waals surface area contributed by atoms with E-state index in [2.05, 4.69) is 124 Å². The fraction of sp³-hybridized carbons (Fsp3) is 0.429. The summed E-state index contributed by atoms with van der Waals surface area (Å²) in [5.74, 6) is 5.34. The van der Waals surface area contributed by atoms with E-state index in [9.17, 15) is 0 Å². The minimum atomic E-state index is 0.0395. The van der Waals surface area contributed by atoms with Crippen molar-refractivity contribution in [3.8, 4) is 11.5 Å².